The minimum Gasteiger partial charge on any atom is -0.445 e. The zero-order valence-corrected chi connectivity index (χ0v) is 16.8. The maximum absolute atomic E-state index is 12.0. The summed E-state index contributed by atoms with van der Waals surface area (Å²) in [6.07, 6.45) is -0.499. The van der Waals surface area contributed by atoms with E-state index in [4.69, 9.17) is 4.74 Å². The molecule has 0 unspecified atom stereocenters. The van der Waals surface area contributed by atoms with Crippen molar-refractivity contribution in [1.82, 2.24) is 5.32 Å². The van der Waals surface area contributed by atoms with Crippen molar-refractivity contribution < 1.29 is 14.3 Å². The van der Waals surface area contributed by atoms with Crippen molar-refractivity contribution in [2.75, 3.05) is 5.32 Å². The second kappa shape index (κ2) is 9.01. The largest absolute Gasteiger partial charge is 0.445 e. The van der Waals surface area contributed by atoms with E-state index in [2.05, 4.69) is 26.6 Å². The zero-order chi connectivity index (χ0) is 18.4. The maximum Gasteiger partial charge on any atom is 0.407 e. The minimum atomic E-state index is -0.499. The van der Waals surface area contributed by atoms with Crippen LogP contribution in [0, 0.1) is 12.8 Å². The van der Waals surface area contributed by atoms with Crippen molar-refractivity contribution in [1.29, 1.82) is 0 Å². The van der Waals surface area contributed by atoms with Crippen LogP contribution in [0.1, 0.15) is 29.9 Å². The number of nitrogens with one attached hydrogen (secondary N) is 2. The van der Waals surface area contributed by atoms with Crippen LogP contribution in [0.4, 0.5) is 9.80 Å². The highest BCUT2D eigenvalue weighted by molar-refractivity contribution is 9.10. The third-order valence-electron chi connectivity index (χ3n) is 3.49. The third-order valence-corrected chi connectivity index (χ3v) is 5.89. The second-order valence-electron chi connectivity index (χ2n) is 5.84. The van der Waals surface area contributed by atoms with Crippen LogP contribution in [0.2, 0.25) is 0 Å². The first-order valence-electron chi connectivity index (χ1n) is 7.91. The molecular formula is C18H21BrN2O3S. The van der Waals surface area contributed by atoms with Crippen molar-refractivity contribution >= 4 is 44.3 Å². The van der Waals surface area contributed by atoms with Gasteiger partial charge in [0.2, 0.25) is 5.91 Å². The Kier molecular flexibility index (Phi) is 7.01. The number of aryl methyl sites for hydroxylation is 1. The average molecular weight is 425 g/mol. The van der Waals surface area contributed by atoms with Gasteiger partial charge in [-0.15, -0.1) is 11.3 Å². The van der Waals surface area contributed by atoms with Gasteiger partial charge in [-0.1, -0.05) is 44.2 Å². The molecule has 0 aliphatic heterocycles. The average Bonchev–Trinajstić information content (AvgIpc) is 2.85. The predicted octanol–water partition coefficient (Wildman–Crippen LogP) is 4.84. The first-order chi connectivity index (χ1) is 11.9. The van der Waals surface area contributed by atoms with Gasteiger partial charge in [0.1, 0.15) is 11.6 Å². The minimum absolute atomic E-state index is 0.0540. The number of benzene rings is 1. The molecule has 0 aliphatic carbocycles. The molecule has 2 amide bonds. The molecule has 0 aliphatic rings. The summed E-state index contributed by atoms with van der Waals surface area (Å²) in [5, 5.41) is 6.38. The van der Waals surface area contributed by atoms with Gasteiger partial charge in [-0.05, 0) is 28.4 Å². The molecule has 0 saturated heterocycles. The molecule has 0 atom stereocenters. The molecular weight excluding hydrogens is 404 g/mol. The number of carbonyl (C=O) groups excluding carboxylic acids is 2. The van der Waals surface area contributed by atoms with Crippen molar-refractivity contribution in [2.45, 2.75) is 33.9 Å². The number of rotatable bonds is 6. The van der Waals surface area contributed by atoms with Gasteiger partial charge in [-0.25, -0.2) is 4.79 Å². The Morgan fingerprint density at radius 2 is 1.92 bits per heavy atom. The molecule has 1 aromatic carbocycles. The Labute approximate surface area is 159 Å². The summed E-state index contributed by atoms with van der Waals surface area (Å²) in [5.74, 6) is -0.167. The number of carbonyl (C=O) groups is 2. The summed E-state index contributed by atoms with van der Waals surface area (Å²) >= 11 is 5.00. The topological polar surface area (TPSA) is 67.4 Å². The van der Waals surface area contributed by atoms with E-state index in [1.165, 1.54) is 11.3 Å². The van der Waals surface area contributed by atoms with Crippen LogP contribution in [0.15, 0.2) is 34.8 Å². The van der Waals surface area contributed by atoms with Crippen LogP contribution in [0.25, 0.3) is 0 Å². The van der Waals surface area contributed by atoms with Crippen molar-refractivity contribution in [3.63, 3.8) is 0 Å². The van der Waals surface area contributed by atoms with Gasteiger partial charge in [0.25, 0.3) is 0 Å². The SMILES string of the molecule is Cc1sc(NC(=O)C(C)C)c(CNC(=O)OCc2ccccc2)c1Br. The zero-order valence-electron chi connectivity index (χ0n) is 14.4. The van der Waals surface area contributed by atoms with Gasteiger partial charge in [-0.3, -0.25) is 4.79 Å². The van der Waals surface area contributed by atoms with Crippen molar-refractivity contribution in [3.8, 4) is 0 Å². The van der Waals surface area contributed by atoms with E-state index in [1.54, 1.807) is 0 Å². The van der Waals surface area contributed by atoms with E-state index in [0.717, 1.165) is 25.5 Å². The van der Waals surface area contributed by atoms with Gasteiger partial charge in [0, 0.05) is 20.8 Å². The molecule has 0 bridgehead atoms. The molecule has 0 spiro atoms. The van der Waals surface area contributed by atoms with Gasteiger partial charge in [0.05, 0.1) is 6.54 Å². The molecule has 25 heavy (non-hydrogen) atoms. The molecule has 5 nitrogen and oxygen atoms in total. The molecule has 134 valence electrons. The van der Waals surface area contributed by atoms with E-state index >= 15 is 0 Å². The normalized spacial score (nSPS) is 10.6. The molecule has 0 radical (unpaired) electrons. The Bertz CT molecular complexity index is 744. The van der Waals surface area contributed by atoms with Crippen molar-refractivity contribution in [3.05, 3.63) is 50.8 Å². The maximum atomic E-state index is 12.0. The molecule has 2 N–H and O–H groups in total. The van der Waals surface area contributed by atoms with Crippen LogP contribution < -0.4 is 10.6 Å². The Balaban J connectivity index is 1.95. The van der Waals surface area contributed by atoms with Gasteiger partial charge >= 0.3 is 6.09 Å². The molecule has 0 saturated carbocycles. The summed E-state index contributed by atoms with van der Waals surface area (Å²) in [5.41, 5.74) is 1.77. The number of amides is 2. The van der Waals surface area contributed by atoms with Gasteiger partial charge in [-0.2, -0.15) is 0 Å². The van der Waals surface area contributed by atoms with Crippen LogP contribution in [0.3, 0.4) is 0 Å². The van der Waals surface area contributed by atoms with E-state index in [1.807, 2.05) is 51.1 Å². The van der Waals surface area contributed by atoms with Crippen molar-refractivity contribution in [2.24, 2.45) is 5.92 Å². The fourth-order valence-corrected chi connectivity index (χ4v) is 3.70. The number of alkyl carbamates (subject to hydrolysis) is 1. The van der Waals surface area contributed by atoms with E-state index in [9.17, 15) is 9.59 Å². The Hall–Kier alpha value is -1.86. The van der Waals surface area contributed by atoms with Gasteiger partial charge < -0.3 is 15.4 Å². The molecule has 1 aromatic heterocycles. The summed E-state index contributed by atoms with van der Waals surface area (Å²) in [6, 6.07) is 9.49. The quantitative estimate of drug-likeness (QED) is 0.696. The lowest BCUT2D eigenvalue weighted by Gasteiger charge is -2.10. The molecule has 1 heterocycles. The van der Waals surface area contributed by atoms with E-state index < -0.39 is 6.09 Å². The Morgan fingerprint density at radius 3 is 2.56 bits per heavy atom. The second-order valence-corrected chi connectivity index (χ2v) is 7.86. The summed E-state index contributed by atoms with van der Waals surface area (Å²) in [4.78, 5) is 24.9. The number of hydrogen-bond acceptors (Lipinski definition) is 4. The lowest BCUT2D eigenvalue weighted by molar-refractivity contribution is -0.118. The van der Waals surface area contributed by atoms with E-state index in [-0.39, 0.29) is 25.0 Å². The third kappa shape index (κ3) is 5.57. The number of hydrogen-bond donors (Lipinski definition) is 2. The molecule has 7 heteroatoms. The first-order valence-corrected chi connectivity index (χ1v) is 9.52. The molecule has 0 fully saturated rings. The van der Waals surface area contributed by atoms with E-state index in [0.29, 0.717) is 0 Å². The Morgan fingerprint density at radius 1 is 1.24 bits per heavy atom. The predicted molar refractivity (Wildman–Crippen MR) is 104 cm³/mol. The first kappa shape index (κ1) is 19.5. The number of ether oxygens (including phenoxy) is 1. The van der Waals surface area contributed by atoms with Crippen LogP contribution in [-0.4, -0.2) is 12.0 Å². The number of anilines is 1. The molecule has 2 rings (SSSR count). The van der Waals surface area contributed by atoms with Crippen LogP contribution in [-0.2, 0) is 22.7 Å². The number of halogens is 1. The van der Waals surface area contributed by atoms with Crippen LogP contribution >= 0.6 is 27.3 Å². The highest BCUT2D eigenvalue weighted by atomic mass is 79.9. The van der Waals surface area contributed by atoms with Gasteiger partial charge in [0.15, 0.2) is 0 Å². The highest BCUT2D eigenvalue weighted by Crippen LogP contribution is 2.37. The highest BCUT2D eigenvalue weighted by Gasteiger charge is 2.18. The number of thiophene rings is 1. The monoisotopic (exact) mass is 424 g/mol. The lowest BCUT2D eigenvalue weighted by atomic mass is 10.2. The smallest absolute Gasteiger partial charge is 0.407 e. The summed E-state index contributed by atoms with van der Waals surface area (Å²) < 4.78 is 6.10. The summed E-state index contributed by atoms with van der Waals surface area (Å²) in [6.45, 7) is 6.12. The molecule has 2 aromatic rings. The van der Waals surface area contributed by atoms with Crippen LogP contribution in [0.5, 0.6) is 0 Å². The lowest BCUT2D eigenvalue weighted by Crippen LogP contribution is -2.24. The fourth-order valence-electron chi connectivity index (χ4n) is 2.02. The fraction of sp³-hybridized carbons (Fsp3) is 0.333. The summed E-state index contributed by atoms with van der Waals surface area (Å²) in [7, 11) is 0. The standard InChI is InChI=1S/C18H21BrN2O3S/c1-11(2)16(22)21-17-14(15(19)12(3)25-17)9-20-18(23)24-10-13-7-5-4-6-8-13/h4-8,11H,9-10H2,1-3H3,(H,20,23)(H,21,22).